The third-order valence-electron chi connectivity index (χ3n) is 4.27. The summed E-state index contributed by atoms with van der Waals surface area (Å²) >= 11 is 0. The molecule has 3 aromatic rings. The largest absolute Gasteiger partial charge is 0.486 e. The van der Waals surface area contributed by atoms with Crippen molar-refractivity contribution in [3.63, 3.8) is 0 Å². The van der Waals surface area contributed by atoms with Crippen LogP contribution >= 0.6 is 0 Å². The lowest BCUT2D eigenvalue weighted by Crippen LogP contribution is -2.24. The molecule has 126 valence electrons. The molecule has 0 unspecified atom stereocenters. The Hall–Kier alpha value is -3.01. The van der Waals surface area contributed by atoms with Gasteiger partial charge in [-0.15, -0.1) is 0 Å². The summed E-state index contributed by atoms with van der Waals surface area (Å²) in [5.74, 6) is 1.51. The van der Waals surface area contributed by atoms with Crippen LogP contribution in [0.2, 0.25) is 0 Å². The molecule has 1 amide bonds. The lowest BCUT2D eigenvalue weighted by molar-refractivity contribution is -0.120. The Bertz CT molecular complexity index is 920. The standard InChI is InChI=1S/C21H19NO3/c23-21(13-15-5-7-17-3-1-2-4-18(17)11-15)22-14-16-6-8-19-20(12-16)25-10-9-24-19/h1-8,11-12H,9-10,13-14H2,(H,22,23). The van der Waals surface area contributed by atoms with E-state index in [1.807, 2.05) is 36.4 Å². The van der Waals surface area contributed by atoms with Gasteiger partial charge in [0, 0.05) is 6.54 Å². The first-order chi connectivity index (χ1) is 12.3. The van der Waals surface area contributed by atoms with E-state index in [-0.39, 0.29) is 5.91 Å². The van der Waals surface area contributed by atoms with Crippen LogP contribution in [0.3, 0.4) is 0 Å². The number of nitrogens with one attached hydrogen (secondary N) is 1. The summed E-state index contributed by atoms with van der Waals surface area (Å²) in [6.45, 7) is 1.61. The van der Waals surface area contributed by atoms with Crippen molar-refractivity contribution in [2.24, 2.45) is 0 Å². The van der Waals surface area contributed by atoms with Crippen LogP contribution in [0.15, 0.2) is 60.7 Å². The molecule has 4 heteroatoms. The maximum absolute atomic E-state index is 12.2. The summed E-state index contributed by atoms with van der Waals surface area (Å²) in [6, 6.07) is 20.0. The molecule has 1 N–H and O–H groups in total. The highest BCUT2D eigenvalue weighted by Gasteiger charge is 2.12. The smallest absolute Gasteiger partial charge is 0.224 e. The van der Waals surface area contributed by atoms with Gasteiger partial charge in [0.25, 0.3) is 0 Å². The molecule has 0 saturated carbocycles. The van der Waals surface area contributed by atoms with Gasteiger partial charge in [-0.05, 0) is 34.0 Å². The normalized spacial score (nSPS) is 12.8. The summed E-state index contributed by atoms with van der Waals surface area (Å²) in [4.78, 5) is 12.2. The van der Waals surface area contributed by atoms with Crippen molar-refractivity contribution in [3.8, 4) is 11.5 Å². The molecule has 0 radical (unpaired) electrons. The highest BCUT2D eigenvalue weighted by molar-refractivity contribution is 5.85. The molecular weight excluding hydrogens is 314 g/mol. The van der Waals surface area contributed by atoms with Crippen LogP contribution in [-0.2, 0) is 17.8 Å². The molecule has 0 spiro atoms. The van der Waals surface area contributed by atoms with Crippen molar-refractivity contribution in [2.75, 3.05) is 13.2 Å². The first kappa shape index (κ1) is 15.5. The van der Waals surface area contributed by atoms with Gasteiger partial charge in [-0.25, -0.2) is 0 Å². The predicted molar refractivity (Wildman–Crippen MR) is 96.9 cm³/mol. The summed E-state index contributed by atoms with van der Waals surface area (Å²) in [5, 5.41) is 5.30. The first-order valence-corrected chi connectivity index (χ1v) is 8.41. The molecule has 0 saturated heterocycles. The van der Waals surface area contributed by atoms with Gasteiger partial charge in [0.2, 0.25) is 5.91 Å². The van der Waals surface area contributed by atoms with Crippen molar-refractivity contribution in [1.82, 2.24) is 5.32 Å². The number of fused-ring (bicyclic) bond motifs is 2. The number of hydrogen-bond donors (Lipinski definition) is 1. The lowest BCUT2D eigenvalue weighted by Gasteiger charge is -2.19. The van der Waals surface area contributed by atoms with E-state index >= 15 is 0 Å². The van der Waals surface area contributed by atoms with E-state index in [0.29, 0.717) is 26.2 Å². The predicted octanol–water partition coefficient (Wildman–Crippen LogP) is 3.47. The quantitative estimate of drug-likeness (QED) is 0.795. The third-order valence-corrected chi connectivity index (χ3v) is 4.27. The van der Waals surface area contributed by atoms with Gasteiger partial charge in [0.1, 0.15) is 13.2 Å². The molecule has 0 aromatic heterocycles. The molecule has 1 aliphatic rings. The molecule has 25 heavy (non-hydrogen) atoms. The minimum atomic E-state index is 0.00479. The molecule has 0 atom stereocenters. The Morgan fingerprint density at radius 1 is 0.840 bits per heavy atom. The second-order valence-corrected chi connectivity index (χ2v) is 6.11. The van der Waals surface area contributed by atoms with E-state index in [4.69, 9.17) is 9.47 Å². The summed E-state index contributed by atoms with van der Waals surface area (Å²) in [5.41, 5.74) is 2.01. The Kier molecular flexibility index (Phi) is 4.25. The zero-order chi connectivity index (χ0) is 17.1. The van der Waals surface area contributed by atoms with Gasteiger partial charge in [0.15, 0.2) is 11.5 Å². The van der Waals surface area contributed by atoms with Crippen LogP contribution in [0.4, 0.5) is 0 Å². The van der Waals surface area contributed by atoms with Crippen molar-refractivity contribution in [2.45, 2.75) is 13.0 Å². The van der Waals surface area contributed by atoms with Gasteiger partial charge >= 0.3 is 0 Å². The first-order valence-electron chi connectivity index (χ1n) is 8.41. The van der Waals surface area contributed by atoms with E-state index in [9.17, 15) is 4.79 Å². The fraction of sp³-hybridized carbons (Fsp3) is 0.190. The van der Waals surface area contributed by atoms with Gasteiger partial charge in [-0.3, -0.25) is 4.79 Å². The number of carbonyl (C=O) groups is 1. The number of hydrogen-bond acceptors (Lipinski definition) is 3. The van der Waals surface area contributed by atoms with E-state index in [1.165, 1.54) is 5.39 Å². The van der Waals surface area contributed by atoms with Crippen molar-refractivity contribution in [1.29, 1.82) is 0 Å². The van der Waals surface area contributed by atoms with Crippen molar-refractivity contribution >= 4 is 16.7 Å². The molecule has 1 heterocycles. The highest BCUT2D eigenvalue weighted by atomic mass is 16.6. The number of rotatable bonds is 4. The number of carbonyl (C=O) groups excluding carboxylic acids is 1. The summed E-state index contributed by atoms with van der Waals surface area (Å²) in [7, 11) is 0. The zero-order valence-corrected chi connectivity index (χ0v) is 13.8. The van der Waals surface area contributed by atoms with Crippen molar-refractivity contribution < 1.29 is 14.3 Å². The molecule has 3 aromatic carbocycles. The summed E-state index contributed by atoms with van der Waals surface area (Å²) in [6.07, 6.45) is 0.370. The fourth-order valence-corrected chi connectivity index (χ4v) is 3.00. The van der Waals surface area contributed by atoms with Crippen LogP contribution < -0.4 is 14.8 Å². The van der Waals surface area contributed by atoms with Crippen LogP contribution in [0.1, 0.15) is 11.1 Å². The minimum absolute atomic E-state index is 0.00479. The Morgan fingerprint density at radius 3 is 2.48 bits per heavy atom. The van der Waals surface area contributed by atoms with Crippen LogP contribution in [0.5, 0.6) is 11.5 Å². The maximum Gasteiger partial charge on any atom is 0.224 e. The third kappa shape index (κ3) is 3.58. The van der Waals surface area contributed by atoms with E-state index in [1.54, 1.807) is 0 Å². The highest BCUT2D eigenvalue weighted by Crippen LogP contribution is 2.30. The van der Waals surface area contributed by atoms with Crippen LogP contribution in [-0.4, -0.2) is 19.1 Å². The topological polar surface area (TPSA) is 47.6 Å². The molecular formula is C21H19NO3. The van der Waals surface area contributed by atoms with Gasteiger partial charge in [-0.2, -0.15) is 0 Å². The average Bonchev–Trinajstić information content (AvgIpc) is 2.66. The Labute approximate surface area is 146 Å². The summed E-state index contributed by atoms with van der Waals surface area (Å²) < 4.78 is 11.1. The van der Waals surface area contributed by atoms with E-state index in [2.05, 4.69) is 29.6 Å². The number of ether oxygens (including phenoxy) is 2. The average molecular weight is 333 g/mol. The maximum atomic E-state index is 12.2. The van der Waals surface area contributed by atoms with Gasteiger partial charge in [-0.1, -0.05) is 48.5 Å². The monoisotopic (exact) mass is 333 g/mol. The number of benzene rings is 3. The van der Waals surface area contributed by atoms with Crippen molar-refractivity contribution in [3.05, 3.63) is 71.8 Å². The van der Waals surface area contributed by atoms with Gasteiger partial charge in [0.05, 0.1) is 6.42 Å². The molecule has 4 nitrogen and oxygen atoms in total. The Balaban J connectivity index is 1.38. The fourth-order valence-electron chi connectivity index (χ4n) is 3.00. The second kappa shape index (κ2) is 6.85. The molecule has 0 bridgehead atoms. The number of amides is 1. The minimum Gasteiger partial charge on any atom is -0.486 e. The lowest BCUT2D eigenvalue weighted by atomic mass is 10.0. The molecule has 1 aliphatic heterocycles. The SMILES string of the molecule is O=C(Cc1ccc2ccccc2c1)NCc1ccc2c(c1)OCCO2. The molecule has 4 rings (SSSR count). The molecule has 0 aliphatic carbocycles. The van der Waals surface area contributed by atoms with Crippen LogP contribution in [0.25, 0.3) is 10.8 Å². The Morgan fingerprint density at radius 2 is 1.60 bits per heavy atom. The second-order valence-electron chi connectivity index (χ2n) is 6.11. The zero-order valence-electron chi connectivity index (χ0n) is 13.8. The van der Waals surface area contributed by atoms with Crippen LogP contribution in [0, 0.1) is 0 Å². The van der Waals surface area contributed by atoms with E-state index in [0.717, 1.165) is 28.0 Å². The molecule has 0 fully saturated rings. The van der Waals surface area contributed by atoms with Gasteiger partial charge < -0.3 is 14.8 Å². The van der Waals surface area contributed by atoms with E-state index < -0.39 is 0 Å².